The molecule has 0 atom stereocenters. The lowest BCUT2D eigenvalue weighted by atomic mass is 9.88. The fourth-order valence-corrected chi connectivity index (χ4v) is 3.74. The Morgan fingerprint density at radius 2 is 1.32 bits per heavy atom. The third kappa shape index (κ3) is 5.79. The van der Waals surface area contributed by atoms with Crippen molar-refractivity contribution in [2.75, 3.05) is 27.9 Å². The van der Waals surface area contributed by atoms with E-state index in [0.717, 1.165) is 12.0 Å². The first-order valence-electron chi connectivity index (χ1n) is 10.3. The molecular formula is C26H29NO4. The van der Waals surface area contributed by atoms with Gasteiger partial charge in [0.05, 0.1) is 27.8 Å². The van der Waals surface area contributed by atoms with Gasteiger partial charge in [-0.3, -0.25) is 4.79 Å². The molecule has 31 heavy (non-hydrogen) atoms. The fraction of sp³-hybridized carbons (Fsp3) is 0.269. The van der Waals surface area contributed by atoms with Gasteiger partial charge in [0, 0.05) is 12.5 Å². The number of rotatable bonds is 10. The Hall–Kier alpha value is -3.47. The summed E-state index contributed by atoms with van der Waals surface area (Å²) in [4.78, 5) is 12.6. The van der Waals surface area contributed by atoms with Crippen LogP contribution in [0.15, 0.2) is 72.8 Å². The van der Waals surface area contributed by atoms with E-state index in [4.69, 9.17) is 14.2 Å². The van der Waals surface area contributed by atoms with Gasteiger partial charge in [0.15, 0.2) is 11.5 Å². The van der Waals surface area contributed by atoms with Crippen molar-refractivity contribution in [3.05, 3.63) is 89.5 Å². The van der Waals surface area contributed by atoms with Crippen molar-refractivity contribution < 1.29 is 19.0 Å². The zero-order valence-electron chi connectivity index (χ0n) is 18.3. The number of nitrogens with one attached hydrogen (secondary N) is 1. The van der Waals surface area contributed by atoms with E-state index < -0.39 is 0 Å². The van der Waals surface area contributed by atoms with E-state index in [1.54, 1.807) is 33.5 Å². The second-order valence-corrected chi connectivity index (χ2v) is 7.22. The molecule has 0 heterocycles. The maximum absolute atomic E-state index is 12.6. The van der Waals surface area contributed by atoms with Crippen molar-refractivity contribution in [1.82, 2.24) is 5.32 Å². The Morgan fingerprint density at radius 1 is 0.806 bits per heavy atom. The van der Waals surface area contributed by atoms with E-state index in [1.165, 1.54) is 11.1 Å². The van der Waals surface area contributed by atoms with E-state index in [2.05, 4.69) is 29.6 Å². The fourth-order valence-electron chi connectivity index (χ4n) is 3.74. The lowest BCUT2D eigenvalue weighted by molar-refractivity contribution is -0.120. The molecule has 0 spiro atoms. The molecule has 3 aromatic carbocycles. The summed E-state index contributed by atoms with van der Waals surface area (Å²) in [5.74, 6) is 1.77. The van der Waals surface area contributed by atoms with Gasteiger partial charge in [0.1, 0.15) is 0 Å². The Balaban J connectivity index is 1.65. The molecule has 1 N–H and O–H groups in total. The summed E-state index contributed by atoms with van der Waals surface area (Å²) in [6.45, 7) is 0.581. The first-order valence-corrected chi connectivity index (χ1v) is 10.3. The number of hydrogen-bond acceptors (Lipinski definition) is 4. The van der Waals surface area contributed by atoms with Gasteiger partial charge < -0.3 is 19.5 Å². The molecule has 0 aliphatic rings. The first-order chi connectivity index (χ1) is 15.2. The quantitative estimate of drug-likeness (QED) is 0.522. The second kappa shape index (κ2) is 11.1. The van der Waals surface area contributed by atoms with Gasteiger partial charge in [-0.1, -0.05) is 60.7 Å². The molecule has 0 radical (unpaired) electrons. The highest BCUT2D eigenvalue weighted by Gasteiger charge is 2.16. The van der Waals surface area contributed by atoms with Gasteiger partial charge in [-0.15, -0.1) is 0 Å². The van der Waals surface area contributed by atoms with Crippen molar-refractivity contribution in [3.63, 3.8) is 0 Å². The molecule has 0 bridgehead atoms. The summed E-state index contributed by atoms with van der Waals surface area (Å²) in [5, 5.41) is 3.05. The van der Waals surface area contributed by atoms with Crippen molar-refractivity contribution in [3.8, 4) is 17.2 Å². The summed E-state index contributed by atoms with van der Waals surface area (Å²) in [5.41, 5.74) is 3.29. The van der Waals surface area contributed by atoms with Crippen LogP contribution in [0.1, 0.15) is 29.0 Å². The molecule has 0 aromatic heterocycles. The lowest BCUT2D eigenvalue weighted by Gasteiger charge is -2.18. The maximum atomic E-state index is 12.6. The Kier molecular flexibility index (Phi) is 7.93. The van der Waals surface area contributed by atoms with Crippen molar-refractivity contribution >= 4 is 5.91 Å². The van der Waals surface area contributed by atoms with E-state index in [0.29, 0.717) is 23.8 Å². The maximum Gasteiger partial charge on any atom is 0.224 e. The van der Waals surface area contributed by atoms with Crippen molar-refractivity contribution in [2.45, 2.75) is 18.8 Å². The van der Waals surface area contributed by atoms with Crippen molar-refractivity contribution in [1.29, 1.82) is 0 Å². The summed E-state index contributed by atoms with van der Waals surface area (Å²) in [6, 6.07) is 24.4. The molecule has 162 valence electrons. The first kappa shape index (κ1) is 22.2. The van der Waals surface area contributed by atoms with Gasteiger partial charge >= 0.3 is 0 Å². The van der Waals surface area contributed by atoms with E-state index >= 15 is 0 Å². The average Bonchev–Trinajstić information content (AvgIpc) is 2.82. The van der Waals surface area contributed by atoms with Crippen molar-refractivity contribution in [2.24, 2.45) is 0 Å². The summed E-state index contributed by atoms with van der Waals surface area (Å²) in [7, 11) is 4.69. The molecule has 3 rings (SSSR count). The smallest absolute Gasteiger partial charge is 0.224 e. The molecular weight excluding hydrogens is 390 g/mol. The number of hydrogen-bond donors (Lipinski definition) is 1. The van der Waals surface area contributed by atoms with Gasteiger partial charge in [0.25, 0.3) is 0 Å². The molecule has 0 saturated heterocycles. The second-order valence-electron chi connectivity index (χ2n) is 7.22. The number of methoxy groups -OCH3 is 3. The number of carbonyl (C=O) groups is 1. The highest BCUT2D eigenvalue weighted by Crippen LogP contribution is 2.38. The highest BCUT2D eigenvalue weighted by molar-refractivity contribution is 5.79. The topological polar surface area (TPSA) is 56.8 Å². The zero-order chi connectivity index (χ0) is 22.1. The molecule has 0 saturated carbocycles. The number of ether oxygens (including phenoxy) is 3. The van der Waals surface area contributed by atoms with Crippen LogP contribution >= 0.6 is 0 Å². The zero-order valence-corrected chi connectivity index (χ0v) is 18.3. The van der Waals surface area contributed by atoms with Gasteiger partial charge in [0.2, 0.25) is 11.7 Å². The van der Waals surface area contributed by atoms with E-state index in [-0.39, 0.29) is 18.2 Å². The minimum atomic E-state index is -0.0471. The predicted octanol–water partition coefficient (Wildman–Crippen LogP) is 4.59. The van der Waals surface area contributed by atoms with Gasteiger partial charge in [-0.05, 0) is 35.2 Å². The average molecular weight is 420 g/mol. The Morgan fingerprint density at radius 3 is 1.77 bits per heavy atom. The standard InChI is InChI=1S/C26H29NO4/c1-29-23-16-19(17-24(30-2)26(23)31-3)18-25(28)27-15-14-22(20-10-6-4-7-11-20)21-12-8-5-9-13-21/h4-13,16-17,22H,14-15,18H2,1-3H3,(H,27,28). The predicted molar refractivity (Wildman–Crippen MR) is 122 cm³/mol. The molecule has 5 nitrogen and oxygen atoms in total. The van der Waals surface area contributed by atoms with Crippen LogP contribution in [-0.2, 0) is 11.2 Å². The van der Waals surface area contributed by atoms with Crippen LogP contribution < -0.4 is 19.5 Å². The molecule has 0 aliphatic heterocycles. The minimum Gasteiger partial charge on any atom is -0.493 e. The molecule has 0 aliphatic carbocycles. The van der Waals surface area contributed by atoms with Crippen LogP contribution in [-0.4, -0.2) is 33.8 Å². The summed E-state index contributed by atoms with van der Waals surface area (Å²) < 4.78 is 16.1. The SMILES string of the molecule is COc1cc(CC(=O)NCCC(c2ccccc2)c2ccccc2)cc(OC)c1OC. The molecule has 1 amide bonds. The number of amides is 1. The van der Waals surface area contributed by atoms with Crippen LogP contribution in [0.25, 0.3) is 0 Å². The minimum absolute atomic E-state index is 0.0471. The monoisotopic (exact) mass is 419 g/mol. The molecule has 3 aromatic rings. The largest absolute Gasteiger partial charge is 0.493 e. The van der Waals surface area contributed by atoms with Crippen LogP contribution in [0.2, 0.25) is 0 Å². The Labute approximate surface area is 184 Å². The molecule has 0 fully saturated rings. The summed E-state index contributed by atoms with van der Waals surface area (Å²) in [6.07, 6.45) is 1.05. The molecule has 0 unspecified atom stereocenters. The van der Waals surface area contributed by atoms with Crippen LogP contribution in [0.4, 0.5) is 0 Å². The lowest BCUT2D eigenvalue weighted by Crippen LogP contribution is -2.27. The highest BCUT2D eigenvalue weighted by atomic mass is 16.5. The third-order valence-corrected chi connectivity index (χ3v) is 5.25. The number of benzene rings is 3. The third-order valence-electron chi connectivity index (χ3n) is 5.25. The van der Waals surface area contributed by atoms with Crippen LogP contribution in [0.5, 0.6) is 17.2 Å². The van der Waals surface area contributed by atoms with E-state index in [1.807, 2.05) is 36.4 Å². The van der Waals surface area contributed by atoms with Crippen LogP contribution in [0.3, 0.4) is 0 Å². The van der Waals surface area contributed by atoms with E-state index in [9.17, 15) is 4.79 Å². The summed E-state index contributed by atoms with van der Waals surface area (Å²) >= 11 is 0. The van der Waals surface area contributed by atoms with Gasteiger partial charge in [-0.25, -0.2) is 0 Å². The normalized spacial score (nSPS) is 10.6. The number of carbonyl (C=O) groups excluding carboxylic acids is 1. The van der Waals surface area contributed by atoms with Crippen LogP contribution in [0, 0.1) is 0 Å². The Bertz CT molecular complexity index is 909. The molecule has 5 heteroatoms. The van der Waals surface area contributed by atoms with Gasteiger partial charge in [-0.2, -0.15) is 0 Å².